The minimum Gasteiger partial charge on any atom is -0.333 e. The fourth-order valence-corrected chi connectivity index (χ4v) is 1.70. The lowest BCUT2D eigenvalue weighted by molar-refractivity contribution is 0.643. The predicted molar refractivity (Wildman–Crippen MR) is 63.3 cm³/mol. The van der Waals surface area contributed by atoms with Gasteiger partial charge in [-0.25, -0.2) is 9.78 Å². The van der Waals surface area contributed by atoms with Gasteiger partial charge in [-0.05, 0) is 6.92 Å². The third-order valence-corrected chi connectivity index (χ3v) is 2.71. The van der Waals surface area contributed by atoms with Gasteiger partial charge in [-0.2, -0.15) is 0 Å². The van der Waals surface area contributed by atoms with Gasteiger partial charge >= 0.3 is 5.69 Å². The highest BCUT2D eigenvalue weighted by Gasteiger charge is 2.06. The lowest BCUT2D eigenvalue weighted by Crippen LogP contribution is -2.30. The maximum absolute atomic E-state index is 11.5. The van der Waals surface area contributed by atoms with Crippen LogP contribution in [0.3, 0.4) is 0 Å². The number of aromatic nitrogens is 4. The standard InChI is InChI=1S/C10H11ClN4O2/c1-2-14-6-12-3-7(14)4-15-5-8(11)9(16)13-10(15)17/h3,5-6H,2,4H2,1H3,(H,13,16,17). The van der Waals surface area contributed by atoms with Crippen molar-refractivity contribution >= 4 is 11.6 Å². The van der Waals surface area contributed by atoms with Gasteiger partial charge in [0, 0.05) is 18.9 Å². The maximum Gasteiger partial charge on any atom is 0.328 e. The smallest absolute Gasteiger partial charge is 0.328 e. The van der Waals surface area contributed by atoms with Crippen molar-refractivity contribution in [1.82, 2.24) is 19.1 Å². The summed E-state index contributed by atoms with van der Waals surface area (Å²) in [5.74, 6) is 0. The molecule has 0 saturated heterocycles. The summed E-state index contributed by atoms with van der Waals surface area (Å²) in [6, 6.07) is 0. The third kappa shape index (κ3) is 2.31. The number of halogens is 1. The van der Waals surface area contributed by atoms with E-state index < -0.39 is 11.2 Å². The first-order valence-corrected chi connectivity index (χ1v) is 5.48. The Morgan fingerprint density at radius 3 is 2.88 bits per heavy atom. The average molecular weight is 255 g/mol. The molecule has 90 valence electrons. The van der Waals surface area contributed by atoms with Crippen LogP contribution in [0.2, 0.25) is 5.02 Å². The Morgan fingerprint density at radius 2 is 2.18 bits per heavy atom. The summed E-state index contributed by atoms with van der Waals surface area (Å²) in [4.78, 5) is 28.8. The largest absolute Gasteiger partial charge is 0.333 e. The van der Waals surface area contributed by atoms with Crippen LogP contribution in [0.25, 0.3) is 0 Å². The molecule has 2 aromatic rings. The van der Waals surface area contributed by atoms with Crippen LogP contribution >= 0.6 is 11.6 Å². The highest BCUT2D eigenvalue weighted by atomic mass is 35.5. The first kappa shape index (κ1) is 11.7. The SMILES string of the molecule is CCn1cncc1Cn1cc(Cl)c(=O)[nH]c1=O. The van der Waals surface area contributed by atoms with Crippen LogP contribution < -0.4 is 11.2 Å². The Labute approximate surface area is 101 Å². The van der Waals surface area contributed by atoms with Crippen molar-refractivity contribution in [1.29, 1.82) is 0 Å². The number of nitrogens with one attached hydrogen (secondary N) is 1. The van der Waals surface area contributed by atoms with Crippen LogP contribution in [0.15, 0.2) is 28.3 Å². The fraction of sp³-hybridized carbons (Fsp3) is 0.300. The van der Waals surface area contributed by atoms with E-state index in [2.05, 4.69) is 9.97 Å². The van der Waals surface area contributed by atoms with Gasteiger partial charge in [0.05, 0.1) is 18.6 Å². The summed E-state index contributed by atoms with van der Waals surface area (Å²) in [5.41, 5.74) is -0.183. The minimum absolute atomic E-state index is 0.00726. The third-order valence-electron chi connectivity index (χ3n) is 2.44. The summed E-state index contributed by atoms with van der Waals surface area (Å²) < 4.78 is 3.25. The zero-order valence-corrected chi connectivity index (χ0v) is 9.94. The van der Waals surface area contributed by atoms with E-state index in [4.69, 9.17) is 11.6 Å². The van der Waals surface area contributed by atoms with Crippen LogP contribution in [0.1, 0.15) is 12.6 Å². The molecule has 0 unspecified atom stereocenters. The number of hydrogen-bond donors (Lipinski definition) is 1. The van der Waals surface area contributed by atoms with Crippen molar-refractivity contribution in [3.8, 4) is 0 Å². The second kappa shape index (κ2) is 4.58. The van der Waals surface area contributed by atoms with E-state index in [0.29, 0.717) is 6.54 Å². The molecule has 0 fully saturated rings. The molecule has 0 amide bonds. The number of imidazole rings is 1. The van der Waals surface area contributed by atoms with E-state index in [-0.39, 0.29) is 5.02 Å². The van der Waals surface area contributed by atoms with Gasteiger partial charge in [-0.1, -0.05) is 11.6 Å². The van der Waals surface area contributed by atoms with Crippen LogP contribution in [-0.2, 0) is 13.1 Å². The molecular formula is C10H11ClN4O2. The first-order chi connectivity index (χ1) is 8.11. The molecule has 2 aromatic heterocycles. The number of rotatable bonds is 3. The monoisotopic (exact) mass is 254 g/mol. The lowest BCUT2D eigenvalue weighted by Gasteiger charge is -2.07. The molecule has 0 aromatic carbocycles. The topological polar surface area (TPSA) is 72.7 Å². The molecule has 2 heterocycles. The van der Waals surface area contributed by atoms with E-state index in [0.717, 1.165) is 12.2 Å². The van der Waals surface area contributed by atoms with Gasteiger partial charge in [0.25, 0.3) is 5.56 Å². The second-order valence-corrected chi connectivity index (χ2v) is 3.94. The summed E-state index contributed by atoms with van der Waals surface area (Å²) in [7, 11) is 0. The minimum atomic E-state index is -0.572. The van der Waals surface area contributed by atoms with Crippen molar-refractivity contribution in [3.05, 3.63) is 50.3 Å². The van der Waals surface area contributed by atoms with E-state index in [1.807, 2.05) is 11.5 Å². The van der Waals surface area contributed by atoms with Crippen molar-refractivity contribution in [2.75, 3.05) is 0 Å². The zero-order valence-electron chi connectivity index (χ0n) is 9.18. The van der Waals surface area contributed by atoms with Gasteiger partial charge in [-0.15, -0.1) is 0 Å². The predicted octanol–water partition coefficient (Wildman–Crippen LogP) is 0.455. The van der Waals surface area contributed by atoms with Crippen LogP contribution in [-0.4, -0.2) is 19.1 Å². The lowest BCUT2D eigenvalue weighted by atomic mass is 10.4. The Hall–Kier alpha value is -1.82. The molecule has 0 aliphatic carbocycles. The summed E-state index contributed by atoms with van der Waals surface area (Å²) in [6.07, 6.45) is 4.69. The number of H-pyrrole nitrogens is 1. The van der Waals surface area contributed by atoms with Gasteiger partial charge in [-0.3, -0.25) is 14.3 Å². The quantitative estimate of drug-likeness (QED) is 0.865. The van der Waals surface area contributed by atoms with E-state index >= 15 is 0 Å². The first-order valence-electron chi connectivity index (χ1n) is 5.10. The molecule has 0 bridgehead atoms. The molecule has 7 heteroatoms. The van der Waals surface area contributed by atoms with Crippen LogP contribution in [0.5, 0.6) is 0 Å². The van der Waals surface area contributed by atoms with Crippen LogP contribution in [0, 0.1) is 0 Å². The zero-order chi connectivity index (χ0) is 12.4. The van der Waals surface area contributed by atoms with Gasteiger partial charge in [0.1, 0.15) is 5.02 Å². The van der Waals surface area contributed by atoms with E-state index in [9.17, 15) is 9.59 Å². The molecular weight excluding hydrogens is 244 g/mol. The van der Waals surface area contributed by atoms with E-state index in [1.165, 1.54) is 10.8 Å². The van der Waals surface area contributed by atoms with Crippen molar-refractivity contribution in [3.63, 3.8) is 0 Å². The van der Waals surface area contributed by atoms with Gasteiger partial charge < -0.3 is 4.57 Å². The summed E-state index contributed by atoms with van der Waals surface area (Å²) in [6.45, 7) is 3.07. The number of nitrogens with zero attached hydrogens (tertiary/aromatic N) is 3. The summed E-state index contributed by atoms with van der Waals surface area (Å²) >= 11 is 5.67. The molecule has 17 heavy (non-hydrogen) atoms. The van der Waals surface area contributed by atoms with Gasteiger partial charge in [0.15, 0.2) is 0 Å². The highest BCUT2D eigenvalue weighted by molar-refractivity contribution is 6.30. The normalized spacial score (nSPS) is 10.7. The van der Waals surface area contributed by atoms with Crippen LogP contribution in [0.4, 0.5) is 0 Å². The Balaban J connectivity index is 2.40. The molecule has 0 spiro atoms. The Morgan fingerprint density at radius 1 is 1.41 bits per heavy atom. The molecule has 6 nitrogen and oxygen atoms in total. The molecule has 0 aliphatic heterocycles. The van der Waals surface area contributed by atoms with Crippen molar-refractivity contribution in [2.24, 2.45) is 0 Å². The molecule has 0 radical (unpaired) electrons. The molecule has 0 atom stereocenters. The molecule has 0 aliphatic rings. The molecule has 2 rings (SSSR count). The summed E-state index contributed by atoms with van der Waals surface area (Å²) in [5, 5.41) is -0.00726. The molecule has 0 saturated carbocycles. The second-order valence-electron chi connectivity index (χ2n) is 3.54. The maximum atomic E-state index is 11.5. The number of hydrogen-bond acceptors (Lipinski definition) is 3. The van der Waals surface area contributed by atoms with Crippen molar-refractivity contribution in [2.45, 2.75) is 20.0 Å². The van der Waals surface area contributed by atoms with Crippen molar-refractivity contribution < 1.29 is 0 Å². The number of aromatic amines is 1. The van der Waals surface area contributed by atoms with Gasteiger partial charge in [0.2, 0.25) is 0 Å². The molecule has 1 N–H and O–H groups in total. The Bertz CT molecular complexity index is 640. The fourth-order valence-electron chi connectivity index (χ4n) is 1.54. The highest BCUT2D eigenvalue weighted by Crippen LogP contribution is 2.02. The number of aryl methyl sites for hydroxylation is 1. The average Bonchev–Trinajstić information content (AvgIpc) is 2.73. The van der Waals surface area contributed by atoms with E-state index in [1.54, 1.807) is 12.5 Å². The Kier molecular flexibility index (Phi) is 3.14.